The van der Waals surface area contributed by atoms with Gasteiger partial charge in [0.05, 0.1) is 47.1 Å². The fourth-order valence-electron chi connectivity index (χ4n) is 7.70. The van der Waals surface area contributed by atoms with Crippen molar-refractivity contribution in [1.29, 1.82) is 0 Å². The number of likely N-dealkylation sites (tertiary alicyclic amines) is 2. The molecule has 0 radical (unpaired) electrons. The van der Waals surface area contributed by atoms with Crippen LogP contribution in [0.3, 0.4) is 0 Å². The molecule has 0 bridgehead atoms. The van der Waals surface area contributed by atoms with Crippen LogP contribution in [-0.4, -0.2) is 75.0 Å². The van der Waals surface area contributed by atoms with Crippen LogP contribution in [0.4, 0.5) is 26.3 Å². The molecule has 3 aromatic rings. The van der Waals surface area contributed by atoms with Crippen molar-refractivity contribution >= 4 is 27.7 Å². The van der Waals surface area contributed by atoms with E-state index in [0.717, 1.165) is 12.3 Å². The summed E-state index contributed by atoms with van der Waals surface area (Å²) in [6.45, 7) is 0.367. The Bertz CT molecular complexity index is 1990. The number of benzene rings is 3. The van der Waals surface area contributed by atoms with Crippen LogP contribution in [0.5, 0.6) is 0 Å². The number of sulfonamides is 1. The standard InChI is InChI=1S/C37H37F6N3O6S/c1-53(50,51)44-33(47)26-8-2-3-9-27(26)34(48)45-19-15-23(16-20-45)25-10-6-11-28(31(25)37(41,42)43)32-29(21-52-32)35(49)46-17-13-22(14-18-46)24-7-4-5-12-30(24)36(38,39)40/h2-12,22-23,29,32H,13-21H2,1H3,(H,44,47). The molecule has 3 aromatic carbocycles. The number of rotatable bonds is 7. The molecule has 9 nitrogen and oxygen atoms in total. The quantitative estimate of drug-likeness (QED) is 0.274. The zero-order chi connectivity index (χ0) is 38.3. The Morgan fingerprint density at radius 1 is 0.698 bits per heavy atom. The van der Waals surface area contributed by atoms with Gasteiger partial charge in [-0.1, -0.05) is 48.5 Å². The maximum Gasteiger partial charge on any atom is 0.417 e. The Labute approximate surface area is 302 Å². The van der Waals surface area contributed by atoms with Crippen LogP contribution < -0.4 is 4.72 Å². The van der Waals surface area contributed by atoms with E-state index in [1.165, 1.54) is 64.4 Å². The predicted octanol–water partition coefficient (Wildman–Crippen LogP) is 6.53. The molecule has 3 aliphatic rings. The van der Waals surface area contributed by atoms with Crippen LogP contribution in [-0.2, 0) is 31.9 Å². The lowest BCUT2D eigenvalue weighted by molar-refractivity contribution is -0.173. The normalized spacial score (nSPS) is 20.5. The summed E-state index contributed by atoms with van der Waals surface area (Å²) in [6, 6.07) is 15.2. The molecular weight excluding hydrogens is 728 g/mol. The van der Waals surface area contributed by atoms with E-state index in [9.17, 15) is 49.1 Å². The van der Waals surface area contributed by atoms with Crippen LogP contribution in [0.1, 0.15) is 92.2 Å². The lowest BCUT2D eigenvalue weighted by Crippen LogP contribution is -2.49. The second-order valence-electron chi connectivity index (χ2n) is 13.7. The summed E-state index contributed by atoms with van der Waals surface area (Å²) in [7, 11) is -3.91. The third kappa shape index (κ3) is 8.22. The lowest BCUT2D eigenvalue weighted by Gasteiger charge is -2.42. The number of carbonyl (C=O) groups is 3. The highest BCUT2D eigenvalue weighted by Gasteiger charge is 2.48. The molecule has 3 aliphatic heterocycles. The van der Waals surface area contributed by atoms with Crippen LogP contribution in [0, 0.1) is 5.92 Å². The number of alkyl halides is 6. The number of hydrogen-bond donors (Lipinski definition) is 1. The van der Waals surface area contributed by atoms with Gasteiger partial charge in [0.25, 0.3) is 11.8 Å². The van der Waals surface area contributed by atoms with Crippen molar-refractivity contribution in [1.82, 2.24) is 14.5 Å². The molecule has 0 aliphatic carbocycles. The van der Waals surface area contributed by atoms with E-state index in [2.05, 4.69) is 0 Å². The van der Waals surface area contributed by atoms with E-state index < -0.39 is 75.1 Å². The van der Waals surface area contributed by atoms with Gasteiger partial charge in [-0.15, -0.1) is 0 Å². The van der Waals surface area contributed by atoms with Crippen molar-refractivity contribution in [2.45, 2.75) is 56.0 Å². The number of nitrogens with zero attached hydrogens (tertiary/aromatic N) is 2. The largest absolute Gasteiger partial charge is 0.417 e. The molecule has 0 aromatic heterocycles. The Kier molecular flexibility index (Phi) is 10.7. The molecular formula is C37H37F6N3O6S. The first-order valence-electron chi connectivity index (χ1n) is 17.1. The topological polar surface area (TPSA) is 113 Å². The van der Waals surface area contributed by atoms with Crippen molar-refractivity contribution in [3.63, 3.8) is 0 Å². The maximum absolute atomic E-state index is 14.9. The first-order chi connectivity index (χ1) is 24.9. The van der Waals surface area contributed by atoms with Gasteiger partial charge in [-0.3, -0.25) is 14.4 Å². The van der Waals surface area contributed by atoms with Gasteiger partial charge in [0, 0.05) is 26.2 Å². The minimum atomic E-state index is -4.80. The minimum absolute atomic E-state index is 0.0147. The summed E-state index contributed by atoms with van der Waals surface area (Å²) in [4.78, 5) is 42.6. The van der Waals surface area contributed by atoms with Gasteiger partial charge in [0.1, 0.15) is 0 Å². The molecule has 3 amide bonds. The van der Waals surface area contributed by atoms with Gasteiger partial charge in [0.15, 0.2) is 0 Å². The molecule has 53 heavy (non-hydrogen) atoms. The fraction of sp³-hybridized carbons (Fsp3) is 0.432. The number of carbonyl (C=O) groups excluding carboxylic acids is 3. The smallest absolute Gasteiger partial charge is 0.372 e. The van der Waals surface area contributed by atoms with Gasteiger partial charge in [-0.25, -0.2) is 13.1 Å². The molecule has 6 rings (SSSR count). The number of hydrogen-bond acceptors (Lipinski definition) is 6. The number of piperidine rings is 2. The van der Waals surface area contributed by atoms with Crippen molar-refractivity contribution in [2.75, 3.05) is 39.0 Å². The van der Waals surface area contributed by atoms with Crippen LogP contribution >= 0.6 is 0 Å². The molecule has 0 spiro atoms. The zero-order valence-electron chi connectivity index (χ0n) is 28.5. The molecule has 3 fully saturated rings. The summed E-state index contributed by atoms with van der Waals surface area (Å²) < 4.78 is 116. The summed E-state index contributed by atoms with van der Waals surface area (Å²) in [6.07, 6.45) is -8.81. The Hall–Kier alpha value is -4.44. The van der Waals surface area contributed by atoms with E-state index in [0.29, 0.717) is 0 Å². The first kappa shape index (κ1) is 38.3. The number of ether oxygens (including phenoxy) is 1. The minimum Gasteiger partial charge on any atom is -0.372 e. The molecule has 3 heterocycles. The highest BCUT2D eigenvalue weighted by Crippen LogP contribution is 2.48. The van der Waals surface area contributed by atoms with Crippen molar-refractivity contribution < 1.29 is 53.9 Å². The maximum atomic E-state index is 14.9. The summed E-state index contributed by atoms with van der Waals surface area (Å²) in [5, 5.41) is 0. The molecule has 0 saturated carbocycles. The molecule has 2 atom stereocenters. The fourth-order valence-corrected chi connectivity index (χ4v) is 8.15. The van der Waals surface area contributed by atoms with Gasteiger partial charge in [-0.05, 0) is 72.4 Å². The van der Waals surface area contributed by atoms with Gasteiger partial charge >= 0.3 is 12.4 Å². The third-order valence-corrected chi connectivity index (χ3v) is 10.8. The van der Waals surface area contributed by atoms with E-state index in [4.69, 9.17) is 4.74 Å². The second kappa shape index (κ2) is 14.8. The van der Waals surface area contributed by atoms with Crippen molar-refractivity contribution in [2.24, 2.45) is 5.92 Å². The average Bonchev–Trinajstić information content (AvgIpc) is 3.09. The number of amides is 3. The van der Waals surface area contributed by atoms with Crippen LogP contribution in [0.25, 0.3) is 0 Å². The number of nitrogens with one attached hydrogen (secondary N) is 1. The van der Waals surface area contributed by atoms with Crippen LogP contribution in [0.15, 0.2) is 66.7 Å². The monoisotopic (exact) mass is 765 g/mol. The SMILES string of the molecule is CS(=O)(=O)NC(=O)c1ccccc1C(=O)N1CCC(c2cccc(C3OCC3C(=O)N3CCC(c4ccccc4C(F)(F)F)CC3)c2C(F)(F)F)CC1. The highest BCUT2D eigenvalue weighted by atomic mass is 32.2. The Morgan fingerprint density at radius 3 is 1.79 bits per heavy atom. The van der Waals surface area contributed by atoms with E-state index in [1.807, 2.05) is 4.72 Å². The molecule has 284 valence electrons. The second-order valence-corrected chi connectivity index (χ2v) is 15.4. The van der Waals surface area contributed by atoms with Crippen molar-refractivity contribution in [3.8, 4) is 0 Å². The van der Waals surface area contributed by atoms with Gasteiger partial charge < -0.3 is 14.5 Å². The predicted molar refractivity (Wildman–Crippen MR) is 180 cm³/mol. The Balaban J connectivity index is 1.15. The van der Waals surface area contributed by atoms with E-state index in [1.54, 1.807) is 6.07 Å². The Morgan fingerprint density at radius 2 is 1.23 bits per heavy atom. The van der Waals surface area contributed by atoms with Crippen molar-refractivity contribution in [3.05, 3.63) is 106 Å². The van der Waals surface area contributed by atoms with E-state index >= 15 is 0 Å². The zero-order valence-corrected chi connectivity index (χ0v) is 29.4. The third-order valence-electron chi connectivity index (χ3n) is 10.3. The van der Waals surface area contributed by atoms with Gasteiger partial charge in [-0.2, -0.15) is 26.3 Å². The van der Waals surface area contributed by atoms with E-state index in [-0.39, 0.29) is 86.3 Å². The average molecular weight is 766 g/mol. The first-order valence-corrected chi connectivity index (χ1v) is 19.0. The molecule has 1 N–H and O–H groups in total. The lowest BCUT2D eigenvalue weighted by atomic mass is 9.80. The summed E-state index contributed by atoms with van der Waals surface area (Å²) in [5.74, 6) is -3.87. The molecule has 16 heteroatoms. The van der Waals surface area contributed by atoms with Gasteiger partial charge in [0.2, 0.25) is 15.9 Å². The highest BCUT2D eigenvalue weighted by molar-refractivity contribution is 7.89. The summed E-state index contributed by atoms with van der Waals surface area (Å²) >= 11 is 0. The summed E-state index contributed by atoms with van der Waals surface area (Å²) in [5.41, 5.74) is -1.79. The van der Waals surface area contributed by atoms with Crippen LogP contribution in [0.2, 0.25) is 0 Å². The number of halogens is 6. The molecule has 3 saturated heterocycles. The molecule has 2 unspecified atom stereocenters.